The number of hydrogen-bond donors (Lipinski definition) is 1. The molecule has 180 valence electrons. The minimum atomic E-state index is -0.0759. The highest BCUT2D eigenvalue weighted by molar-refractivity contribution is 5.76. The van der Waals surface area contributed by atoms with Crippen LogP contribution in [0.25, 0.3) is 0 Å². The van der Waals surface area contributed by atoms with E-state index in [-0.39, 0.29) is 24.0 Å². The number of urea groups is 1. The molecule has 3 aliphatic rings. The summed E-state index contributed by atoms with van der Waals surface area (Å²) in [4.78, 5) is 31.9. The van der Waals surface area contributed by atoms with E-state index in [0.717, 1.165) is 58.3 Å². The van der Waals surface area contributed by atoms with Gasteiger partial charge in [0.1, 0.15) is 0 Å². The monoisotopic (exact) mass is 460 g/mol. The lowest BCUT2D eigenvalue weighted by Crippen LogP contribution is -2.55. The molecule has 0 radical (unpaired) electrons. The van der Waals surface area contributed by atoms with Crippen LogP contribution in [0.15, 0.2) is 54.6 Å². The van der Waals surface area contributed by atoms with Gasteiger partial charge < -0.3 is 20.0 Å². The van der Waals surface area contributed by atoms with Gasteiger partial charge >= 0.3 is 6.03 Å². The Kier molecular flexibility index (Phi) is 6.86. The number of piperidine rings is 2. The van der Waals surface area contributed by atoms with Crippen molar-refractivity contribution in [2.45, 2.75) is 57.2 Å². The molecule has 6 nitrogen and oxygen atoms in total. The molecule has 5 rings (SSSR count). The van der Waals surface area contributed by atoms with Crippen molar-refractivity contribution < 1.29 is 9.59 Å². The zero-order valence-electron chi connectivity index (χ0n) is 20.2. The Morgan fingerprint density at radius 1 is 0.853 bits per heavy atom. The van der Waals surface area contributed by atoms with E-state index in [1.54, 1.807) is 6.92 Å². The van der Waals surface area contributed by atoms with Gasteiger partial charge in [0.25, 0.3) is 0 Å². The van der Waals surface area contributed by atoms with Gasteiger partial charge in [-0.1, -0.05) is 54.6 Å². The summed E-state index contributed by atoms with van der Waals surface area (Å²) in [5.74, 6) is 0.187. The minimum Gasteiger partial charge on any atom is -0.343 e. The Balaban J connectivity index is 1.36. The number of nitrogens with one attached hydrogen (secondary N) is 1. The maximum atomic E-state index is 13.5. The molecule has 1 unspecified atom stereocenters. The second-order valence-corrected chi connectivity index (χ2v) is 9.91. The fraction of sp³-hybridized carbons (Fsp3) is 0.500. The normalized spacial score (nSPS) is 23.1. The van der Waals surface area contributed by atoms with Crippen LogP contribution in [-0.2, 0) is 11.2 Å². The lowest BCUT2D eigenvalue weighted by atomic mass is 9.88. The van der Waals surface area contributed by atoms with Crippen molar-refractivity contribution >= 4 is 11.9 Å². The van der Waals surface area contributed by atoms with Gasteiger partial charge in [-0.25, -0.2) is 4.79 Å². The zero-order chi connectivity index (χ0) is 23.5. The Bertz CT molecular complexity index is 994. The first-order valence-corrected chi connectivity index (χ1v) is 12.8. The predicted octanol–water partition coefficient (Wildman–Crippen LogP) is 3.82. The van der Waals surface area contributed by atoms with Crippen LogP contribution in [0, 0.1) is 0 Å². The maximum Gasteiger partial charge on any atom is 0.318 e. The van der Waals surface area contributed by atoms with E-state index in [2.05, 4.69) is 63.6 Å². The van der Waals surface area contributed by atoms with Gasteiger partial charge in [-0.2, -0.15) is 0 Å². The molecule has 1 atom stereocenters. The van der Waals surface area contributed by atoms with E-state index >= 15 is 0 Å². The highest BCUT2D eigenvalue weighted by Gasteiger charge is 2.38. The van der Waals surface area contributed by atoms with Crippen molar-refractivity contribution in [1.82, 2.24) is 20.0 Å². The minimum absolute atomic E-state index is 0.0524. The third kappa shape index (κ3) is 4.69. The maximum absolute atomic E-state index is 13.5. The molecule has 0 aromatic heterocycles. The topological polar surface area (TPSA) is 55.9 Å². The molecule has 2 fully saturated rings. The lowest BCUT2D eigenvalue weighted by molar-refractivity contribution is -0.130. The number of rotatable bonds is 3. The first-order valence-electron chi connectivity index (χ1n) is 12.8. The van der Waals surface area contributed by atoms with Gasteiger partial charge in [-0.05, 0) is 48.8 Å². The molecule has 2 aromatic carbocycles. The van der Waals surface area contributed by atoms with E-state index in [0.29, 0.717) is 12.6 Å². The van der Waals surface area contributed by atoms with Gasteiger partial charge in [-0.3, -0.25) is 4.79 Å². The third-order valence-electron chi connectivity index (χ3n) is 7.97. The number of carbonyl (C=O) groups excluding carboxylic acids is 2. The standard InChI is InChI=1S/C28H36N4O2/c1-21(33)30-17-12-24(13-18-30)31-19-14-25(15-20-31)32-27(23-8-3-2-4-9-23)26-10-6-5-7-22(26)11-16-29-28(32)34/h2-10,24-25,27H,11-20H2,1H3,(H,29,34). The van der Waals surface area contributed by atoms with E-state index < -0.39 is 0 Å². The molecule has 6 heteroatoms. The number of likely N-dealkylation sites (tertiary alicyclic amines) is 2. The largest absolute Gasteiger partial charge is 0.343 e. The molecule has 3 amide bonds. The van der Waals surface area contributed by atoms with Crippen LogP contribution in [0.4, 0.5) is 4.79 Å². The Morgan fingerprint density at radius 2 is 1.50 bits per heavy atom. The van der Waals surface area contributed by atoms with E-state index in [1.165, 1.54) is 16.7 Å². The molecule has 3 aliphatic heterocycles. The summed E-state index contributed by atoms with van der Waals surface area (Å²) >= 11 is 0. The average Bonchev–Trinajstić information content (AvgIpc) is 2.87. The molecule has 0 spiro atoms. The van der Waals surface area contributed by atoms with Crippen molar-refractivity contribution in [3.8, 4) is 0 Å². The van der Waals surface area contributed by atoms with Crippen molar-refractivity contribution in [2.75, 3.05) is 32.7 Å². The quantitative estimate of drug-likeness (QED) is 0.758. The molecule has 0 aliphatic carbocycles. The number of nitrogens with zero attached hydrogens (tertiary/aromatic N) is 3. The smallest absolute Gasteiger partial charge is 0.318 e. The van der Waals surface area contributed by atoms with E-state index in [1.807, 2.05) is 11.0 Å². The zero-order valence-corrected chi connectivity index (χ0v) is 20.2. The Hall–Kier alpha value is -2.86. The average molecular weight is 461 g/mol. The summed E-state index contributed by atoms with van der Waals surface area (Å²) in [6, 6.07) is 19.8. The number of hydrogen-bond acceptors (Lipinski definition) is 3. The number of carbonyl (C=O) groups is 2. The molecule has 0 saturated carbocycles. The molecule has 2 saturated heterocycles. The summed E-state index contributed by atoms with van der Waals surface area (Å²) in [6.45, 7) is 6.07. The first-order chi connectivity index (χ1) is 16.6. The van der Waals surface area contributed by atoms with Crippen molar-refractivity contribution in [2.24, 2.45) is 0 Å². The van der Waals surface area contributed by atoms with Crippen LogP contribution in [-0.4, -0.2) is 71.4 Å². The van der Waals surface area contributed by atoms with Crippen LogP contribution < -0.4 is 5.32 Å². The highest BCUT2D eigenvalue weighted by Crippen LogP contribution is 2.36. The second-order valence-electron chi connectivity index (χ2n) is 9.91. The van der Waals surface area contributed by atoms with Crippen LogP contribution in [0.3, 0.4) is 0 Å². The van der Waals surface area contributed by atoms with Crippen LogP contribution in [0.5, 0.6) is 0 Å². The van der Waals surface area contributed by atoms with E-state index in [4.69, 9.17) is 0 Å². The fourth-order valence-electron chi connectivity index (χ4n) is 6.12. The Labute approximate surface area is 202 Å². The second kappa shape index (κ2) is 10.2. The summed E-state index contributed by atoms with van der Waals surface area (Å²) in [5, 5.41) is 3.20. The SMILES string of the molecule is CC(=O)N1CCC(N2CCC(N3C(=O)NCCc4ccccc4C3c3ccccc3)CC2)CC1. The predicted molar refractivity (Wildman–Crippen MR) is 134 cm³/mol. The van der Waals surface area contributed by atoms with Crippen molar-refractivity contribution in [1.29, 1.82) is 0 Å². The fourth-order valence-corrected chi connectivity index (χ4v) is 6.12. The Morgan fingerprint density at radius 3 is 2.21 bits per heavy atom. The molecule has 1 N–H and O–H groups in total. The van der Waals surface area contributed by atoms with Crippen molar-refractivity contribution in [3.63, 3.8) is 0 Å². The summed E-state index contributed by atoms with van der Waals surface area (Å²) in [6.07, 6.45) is 4.91. The molecular formula is C28H36N4O2. The van der Waals surface area contributed by atoms with Gasteiger partial charge in [0.2, 0.25) is 5.91 Å². The third-order valence-corrected chi connectivity index (χ3v) is 7.97. The summed E-state index contributed by atoms with van der Waals surface area (Å²) in [7, 11) is 0. The first kappa shape index (κ1) is 22.9. The highest BCUT2D eigenvalue weighted by atomic mass is 16.2. The van der Waals surface area contributed by atoms with Gasteiger partial charge in [-0.15, -0.1) is 0 Å². The van der Waals surface area contributed by atoms with Crippen LogP contribution in [0.1, 0.15) is 55.3 Å². The summed E-state index contributed by atoms with van der Waals surface area (Å²) < 4.78 is 0. The number of amides is 3. The van der Waals surface area contributed by atoms with Crippen LogP contribution in [0.2, 0.25) is 0 Å². The molecule has 0 bridgehead atoms. The lowest BCUT2D eigenvalue weighted by Gasteiger charge is -2.46. The molecule has 2 aromatic rings. The molecule has 3 heterocycles. The number of benzene rings is 2. The van der Waals surface area contributed by atoms with Gasteiger partial charge in [0, 0.05) is 51.7 Å². The number of fused-ring (bicyclic) bond motifs is 1. The van der Waals surface area contributed by atoms with Gasteiger partial charge in [0.15, 0.2) is 0 Å². The summed E-state index contributed by atoms with van der Waals surface area (Å²) in [5.41, 5.74) is 3.74. The van der Waals surface area contributed by atoms with Crippen molar-refractivity contribution in [3.05, 3.63) is 71.3 Å². The van der Waals surface area contributed by atoms with Crippen LogP contribution >= 0.6 is 0 Å². The molecular weight excluding hydrogens is 424 g/mol. The molecule has 34 heavy (non-hydrogen) atoms. The van der Waals surface area contributed by atoms with Gasteiger partial charge in [0.05, 0.1) is 6.04 Å². The van der Waals surface area contributed by atoms with E-state index in [9.17, 15) is 9.59 Å².